The summed E-state index contributed by atoms with van der Waals surface area (Å²) in [5.74, 6) is 0. The van der Waals surface area contributed by atoms with E-state index >= 15 is 0 Å². The van der Waals surface area contributed by atoms with Crippen molar-refractivity contribution in [3.05, 3.63) is 0 Å². The zero-order chi connectivity index (χ0) is 17.5. The second-order valence-electron chi connectivity index (χ2n) is 5.46. The van der Waals surface area contributed by atoms with E-state index in [1.165, 1.54) is 0 Å². The Morgan fingerprint density at radius 1 is 1.13 bits per heavy atom. The van der Waals surface area contributed by atoms with Crippen molar-refractivity contribution in [3.63, 3.8) is 0 Å². The average Bonchev–Trinajstić information content (AvgIpc) is 2.75. The summed E-state index contributed by atoms with van der Waals surface area (Å²) in [6.45, 7) is 1.86. The number of hydrogen-bond donors (Lipinski definition) is 3. The third kappa shape index (κ3) is 9.34. The molecule has 0 radical (unpaired) electrons. The number of phosphoric ester groups is 2. The molecule has 23 heavy (non-hydrogen) atoms. The van der Waals surface area contributed by atoms with Crippen LogP contribution in [-0.2, 0) is 27.4 Å². The van der Waals surface area contributed by atoms with Gasteiger partial charge in [0.25, 0.3) is 0 Å². The van der Waals surface area contributed by atoms with Gasteiger partial charge in [0.15, 0.2) is 0 Å². The predicted molar refractivity (Wildman–Crippen MR) is 84.6 cm³/mol. The van der Waals surface area contributed by atoms with Gasteiger partial charge in [-0.25, -0.2) is 9.13 Å². The number of ether oxygens (including phenoxy) is 1. The summed E-state index contributed by atoms with van der Waals surface area (Å²) in [5.41, 5.74) is 0. The van der Waals surface area contributed by atoms with Crippen LogP contribution in [0.25, 0.3) is 0 Å². The Kier molecular flexibility index (Phi) is 8.94. The Balaban J connectivity index is 2.18. The van der Waals surface area contributed by atoms with Gasteiger partial charge in [0.05, 0.1) is 25.4 Å². The molecule has 0 aromatic heterocycles. The Morgan fingerprint density at radius 2 is 1.74 bits per heavy atom. The molecule has 0 saturated carbocycles. The first kappa shape index (κ1) is 21.3. The molecule has 0 spiro atoms. The molecule has 1 aliphatic heterocycles. The van der Waals surface area contributed by atoms with Crippen molar-refractivity contribution in [1.29, 1.82) is 0 Å². The Labute approximate surface area is 136 Å². The summed E-state index contributed by atoms with van der Waals surface area (Å²) >= 11 is 0. The molecule has 0 aliphatic carbocycles. The molecule has 1 heterocycles. The quantitative estimate of drug-likeness (QED) is 0.274. The molecule has 1 saturated heterocycles. The molecule has 1 fully saturated rings. The fourth-order valence-electron chi connectivity index (χ4n) is 2.34. The van der Waals surface area contributed by atoms with Crippen molar-refractivity contribution in [2.75, 3.05) is 13.2 Å². The lowest BCUT2D eigenvalue weighted by molar-refractivity contribution is 0.0223. The van der Waals surface area contributed by atoms with Crippen LogP contribution in [0.15, 0.2) is 0 Å². The smallest absolute Gasteiger partial charge is 0.381 e. The summed E-state index contributed by atoms with van der Waals surface area (Å²) in [5, 5.41) is 0. The molecule has 0 bridgehead atoms. The van der Waals surface area contributed by atoms with E-state index in [2.05, 4.69) is 4.52 Å². The first-order valence-corrected chi connectivity index (χ1v) is 10.7. The van der Waals surface area contributed by atoms with E-state index < -0.39 is 21.7 Å². The highest BCUT2D eigenvalue weighted by Gasteiger charge is 2.37. The van der Waals surface area contributed by atoms with E-state index in [-0.39, 0.29) is 25.3 Å². The minimum atomic E-state index is -4.43. The van der Waals surface area contributed by atoms with Gasteiger partial charge in [0, 0.05) is 6.00 Å². The van der Waals surface area contributed by atoms with Crippen molar-refractivity contribution in [2.24, 2.45) is 0 Å². The van der Waals surface area contributed by atoms with Crippen LogP contribution in [0, 0.1) is 0 Å². The summed E-state index contributed by atoms with van der Waals surface area (Å²) in [4.78, 5) is 26.7. The molecule has 1 rings (SSSR count). The van der Waals surface area contributed by atoms with Gasteiger partial charge >= 0.3 is 15.6 Å². The molecular formula is C11H25BO9P2. The number of rotatable bonds is 11. The van der Waals surface area contributed by atoms with E-state index in [9.17, 15) is 14.0 Å². The Morgan fingerprint density at radius 3 is 2.30 bits per heavy atom. The molecule has 4 atom stereocenters. The van der Waals surface area contributed by atoms with Gasteiger partial charge in [-0.2, -0.15) is 0 Å². The second-order valence-corrected chi connectivity index (χ2v) is 8.10. The molecule has 1 aliphatic rings. The van der Waals surface area contributed by atoms with Crippen LogP contribution in [0.5, 0.6) is 0 Å². The Bertz CT molecular complexity index is 443. The minimum absolute atomic E-state index is 0.0148. The van der Waals surface area contributed by atoms with Crippen molar-refractivity contribution in [2.45, 2.75) is 57.2 Å². The summed E-state index contributed by atoms with van der Waals surface area (Å²) in [6.07, 6.45) is 1.98. The van der Waals surface area contributed by atoms with Crippen molar-refractivity contribution in [1.82, 2.24) is 0 Å². The van der Waals surface area contributed by atoms with Crippen molar-refractivity contribution >= 4 is 23.5 Å². The lowest BCUT2D eigenvalue weighted by Gasteiger charge is -2.20. The van der Waals surface area contributed by atoms with Crippen LogP contribution in [0.3, 0.4) is 0 Å². The van der Waals surface area contributed by atoms with E-state index in [1.54, 1.807) is 0 Å². The van der Waals surface area contributed by atoms with Gasteiger partial charge in [0.2, 0.25) is 0 Å². The molecule has 12 heteroatoms. The maximum absolute atomic E-state index is 11.9. The maximum Gasteiger partial charge on any atom is 0.472 e. The standard InChI is InChI=1S/C11H25BO9P2/c1-2-9-10(8-11(12)20-9)21-23(16,17)19-7-5-3-4-6-18-22(13,14)15/h9-11H,2-8,12H2,1H3,(H,16,17)(H2,13,14,15). The molecule has 4 unspecified atom stereocenters. The van der Waals surface area contributed by atoms with Crippen molar-refractivity contribution in [3.8, 4) is 0 Å². The molecule has 0 aromatic rings. The number of hydrogen-bond acceptors (Lipinski definition) is 6. The first-order chi connectivity index (χ1) is 10.6. The van der Waals surface area contributed by atoms with Gasteiger partial charge in [-0.15, -0.1) is 0 Å². The predicted octanol–water partition coefficient (Wildman–Crippen LogP) is 0.926. The highest BCUT2D eigenvalue weighted by atomic mass is 31.2. The van der Waals surface area contributed by atoms with E-state index in [0.29, 0.717) is 32.1 Å². The fraction of sp³-hybridized carbons (Fsp3) is 1.00. The highest BCUT2D eigenvalue weighted by Crippen LogP contribution is 2.47. The summed E-state index contributed by atoms with van der Waals surface area (Å²) in [7, 11) is -6.68. The number of unbranched alkanes of at least 4 members (excludes halogenated alkanes) is 2. The van der Waals surface area contributed by atoms with Gasteiger partial charge in [-0.05, 0) is 32.1 Å². The van der Waals surface area contributed by atoms with Crippen molar-refractivity contribution < 1.29 is 42.1 Å². The van der Waals surface area contributed by atoms with E-state index in [0.717, 1.165) is 0 Å². The monoisotopic (exact) mass is 374 g/mol. The molecule has 0 amide bonds. The molecule has 136 valence electrons. The van der Waals surface area contributed by atoms with Crippen LogP contribution >= 0.6 is 15.6 Å². The number of phosphoric acid groups is 2. The van der Waals surface area contributed by atoms with Gasteiger partial charge in [0.1, 0.15) is 7.85 Å². The zero-order valence-electron chi connectivity index (χ0n) is 13.4. The van der Waals surface area contributed by atoms with Crippen LogP contribution in [0.4, 0.5) is 0 Å². The molecular weight excluding hydrogens is 349 g/mol. The first-order valence-electron chi connectivity index (χ1n) is 7.64. The van der Waals surface area contributed by atoms with Gasteiger partial charge in [-0.3, -0.25) is 13.6 Å². The second kappa shape index (κ2) is 9.66. The molecule has 9 nitrogen and oxygen atoms in total. The minimum Gasteiger partial charge on any atom is -0.381 e. The van der Waals surface area contributed by atoms with Gasteiger partial charge in [-0.1, -0.05) is 6.92 Å². The third-order valence-corrected chi connectivity index (χ3v) is 4.92. The highest BCUT2D eigenvalue weighted by molar-refractivity contribution is 7.47. The fourth-order valence-corrected chi connectivity index (χ4v) is 3.69. The average molecular weight is 374 g/mol. The SMILES string of the molecule is BC1CC(OP(=O)(O)OCCCCCOP(=O)(O)O)C(CC)O1. The normalized spacial score (nSPS) is 27.9. The largest absolute Gasteiger partial charge is 0.472 e. The summed E-state index contributed by atoms with van der Waals surface area (Å²) < 4.78 is 42.3. The van der Waals surface area contributed by atoms with Gasteiger partial charge < -0.3 is 19.4 Å². The molecule has 0 aromatic carbocycles. The topological polar surface area (TPSA) is 132 Å². The lowest BCUT2D eigenvalue weighted by Crippen LogP contribution is -2.23. The van der Waals surface area contributed by atoms with Crippen LogP contribution < -0.4 is 0 Å². The van der Waals surface area contributed by atoms with Crippen LogP contribution in [0.2, 0.25) is 0 Å². The third-order valence-electron chi connectivity index (χ3n) is 3.36. The lowest BCUT2D eigenvalue weighted by atomic mass is 9.96. The maximum atomic E-state index is 11.9. The van der Waals surface area contributed by atoms with E-state index in [4.69, 9.17) is 23.6 Å². The van der Waals surface area contributed by atoms with Crippen LogP contribution in [0.1, 0.15) is 39.0 Å². The Hall–Kier alpha value is 0.245. The summed E-state index contributed by atoms with van der Waals surface area (Å²) in [6, 6.07) is -0.0148. The zero-order valence-corrected chi connectivity index (χ0v) is 15.2. The van der Waals surface area contributed by atoms with Crippen LogP contribution in [-0.4, -0.2) is 54.0 Å². The molecule has 3 N–H and O–H groups in total. The van der Waals surface area contributed by atoms with E-state index in [1.807, 2.05) is 14.8 Å².